The second kappa shape index (κ2) is 23.3. The van der Waals surface area contributed by atoms with Crippen LogP contribution in [0, 0.1) is 0 Å². The van der Waals surface area contributed by atoms with Crippen LogP contribution in [0.15, 0.2) is 0 Å². The molecule has 6 heteroatoms. The van der Waals surface area contributed by atoms with Crippen molar-refractivity contribution >= 4 is 11.8 Å². The summed E-state index contributed by atoms with van der Waals surface area (Å²) in [6.07, 6.45) is 4.68. The lowest BCUT2D eigenvalue weighted by Gasteiger charge is -2.05. The summed E-state index contributed by atoms with van der Waals surface area (Å²) in [6, 6.07) is 0. The molecule has 1 atom stereocenters. The lowest BCUT2D eigenvalue weighted by atomic mass is 10.00. The van der Waals surface area contributed by atoms with Gasteiger partial charge in [0, 0.05) is 33.0 Å². The summed E-state index contributed by atoms with van der Waals surface area (Å²) in [4.78, 5) is 20.3. The van der Waals surface area contributed by atoms with Crippen molar-refractivity contribution in [2.24, 2.45) is 0 Å². The molecule has 2 N–H and O–H groups in total. The van der Waals surface area contributed by atoms with Gasteiger partial charge in [-0.2, -0.15) is 0 Å². The zero-order chi connectivity index (χ0) is 18.5. The highest BCUT2D eigenvalue weighted by atomic mass is 16.5. The molecule has 1 saturated carbocycles. The minimum absolute atomic E-state index is 0.139. The predicted molar refractivity (Wildman–Crippen MR) is 91.3 cm³/mol. The van der Waals surface area contributed by atoms with Crippen molar-refractivity contribution in [2.45, 2.75) is 72.8 Å². The Morgan fingerprint density at radius 1 is 1.09 bits per heavy atom. The number of hydrogen-bond acceptors (Lipinski definition) is 6. The van der Waals surface area contributed by atoms with Crippen LogP contribution in [-0.4, -0.2) is 54.5 Å². The third-order valence-electron chi connectivity index (χ3n) is 2.43. The molecule has 0 heterocycles. The minimum Gasteiger partial charge on any atom is -0.466 e. The molecule has 0 aromatic heterocycles. The summed E-state index contributed by atoms with van der Waals surface area (Å²) < 4.78 is 9.24. The maximum Gasteiger partial charge on any atom is 0.302 e. The van der Waals surface area contributed by atoms with E-state index < -0.39 is 6.10 Å². The molecule has 1 rings (SSSR count). The van der Waals surface area contributed by atoms with Gasteiger partial charge in [0.05, 0.1) is 19.3 Å². The highest BCUT2D eigenvalue weighted by molar-refractivity contribution is 5.78. The molecule has 6 nitrogen and oxygen atoms in total. The number of carbonyl (C=O) groups is 2. The van der Waals surface area contributed by atoms with Crippen molar-refractivity contribution in [1.29, 1.82) is 0 Å². The Balaban J connectivity index is -0.000000235. The summed E-state index contributed by atoms with van der Waals surface area (Å²) in [7, 11) is 0. The van der Waals surface area contributed by atoms with Gasteiger partial charge in [0.2, 0.25) is 0 Å². The average molecular weight is 336 g/mol. The number of ketones is 1. The number of ether oxygens (including phenoxy) is 2. The molecule has 1 unspecified atom stereocenters. The van der Waals surface area contributed by atoms with Crippen LogP contribution >= 0.6 is 0 Å². The van der Waals surface area contributed by atoms with Gasteiger partial charge >= 0.3 is 5.97 Å². The van der Waals surface area contributed by atoms with Crippen LogP contribution in [0.5, 0.6) is 0 Å². The minimum atomic E-state index is -0.560. The number of rotatable bonds is 4. The van der Waals surface area contributed by atoms with Gasteiger partial charge in [0.25, 0.3) is 0 Å². The quantitative estimate of drug-likeness (QED) is 0.766. The van der Waals surface area contributed by atoms with E-state index in [-0.39, 0.29) is 12.6 Å². The lowest BCUT2D eigenvalue weighted by Crippen LogP contribution is -2.03. The molecule has 0 aromatic rings. The molecule has 1 aliphatic carbocycles. The number of Topliss-reactive ketones (excluding diaryl/α,β-unsaturated/α-hetero) is 1. The first-order valence-electron chi connectivity index (χ1n) is 8.37. The highest BCUT2D eigenvalue weighted by Crippen LogP contribution is 2.12. The van der Waals surface area contributed by atoms with Crippen LogP contribution < -0.4 is 0 Å². The number of carbonyl (C=O) groups excluding carboxylic acids is 2. The Hall–Kier alpha value is -0.980. The summed E-state index contributed by atoms with van der Waals surface area (Å²) in [5, 5.41) is 16.0. The Labute approximate surface area is 141 Å². The van der Waals surface area contributed by atoms with E-state index in [0.29, 0.717) is 12.4 Å². The van der Waals surface area contributed by atoms with Crippen molar-refractivity contribution < 1.29 is 29.3 Å². The molecule has 1 fully saturated rings. The monoisotopic (exact) mass is 336 g/mol. The van der Waals surface area contributed by atoms with E-state index in [1.165, 1.54) is 20.3 Å². The van der Waals surface area contributed by atoms with E-state index in [9.17, 15) is 9.59 Å². The Kier molecular flexibility index (Phi) is 27.2. The summed E-state index contributed by atoms with van der Waals surface area (Å²) in [6.45, 7) is 10.7. The van der Waals surface area contributed by atoms with Gasteiger partial charge in [-0.3, -0.25) is 9.59 Å². The molecular weight excluding hydrogens is 300 g/mol. The first-order chi connectivity index (χ1) is 10.8. The highest BCUT2D eigenvalue weighted by Gasteiger charge is 2.05. The summed E-state index contributed by atoms with van der Waals surface area (Å²) in [5.74, 6) is 0.253. The molecule has 0 spiro atoms. The molecule has 0 bridgehead atoms. The van der Waals surface area contributed by atoms with Crippen LogP contribution in [0.3, 0.4) is 0 Å². The maximum atomic E-state index is 10.5. The molecule has 0 radical (unpaired) electrons. The smallest absolute Gasteiger partial charge is 0.302 e. The predicted octanol–water partition coefficient (Wildman–Crippen LogP) is 2.49. The van der Waals surface area contributed by atoms with Crippen molar-refractivity contribution in [3.05, 3.63) is 0 Å². The van der Waals surface area contributed by atoms with Gasteiger partial charge in [-0.05, 0) is 40.5 Å². The zero-order valence-corrected chi connectivity index (χ0v) is 15.5. The maximum absolute atomic E-state index is 10.5. The fourth-order valence-electron chi connectivity index (χ4n) is 1.35. The van der Waals surface area contributed by atoms with Gasteiger partial charge in [-0.25, -0.2) is 0 Å². The summed E-state index contributed by atoms with van der Waals surface area (Å²) >= 11 is 0. The number of aliphatic hydroxyl groups is 2. The third kappa shape index (κ3) is 38.7. The van der Waals surface area contributed by atoms with Crippen LogP contribution in [-0.2, 0) is 19.1 Å². The van der Waals surface area contributed by atoms with Crippen molar-refractivity contribution in [1.82, 2.24) is 0 Å². The van der Waals surface area contributed by atoms with E-state index in [0.717, 1.165) is 38.9 Å². The van der Waals surface area contributed by atoms with Gasteiger partial charge in [0.1, 0.15) is 5.78 Å². The van der Waals surface area contributed by atoms with Crippen molar-refractivity contribution in [3.8, 4) is 0 Å². The van der Waals surface area contributed by atoms with E-state index in [1.54, 1.807) is 6.92 Å². The number of esters is 1. The second-order valence-electron chi connectivity index (χ2n) is 4.84. The van der Waals surface area contributed by atoms with E-state index in [2.05, 4.69) is 4.74 Å². The molecule has 0 aliphatic heterocycles. The fourth-order valence-corrected chi connectivity index (χ4v) is 1.35. The Bertz CT molecular complexity index is 243. The SMILES string of the molecule is CC(O)CO.CCOC(C)=O.CCOCC.O=C1CCCCC1. The third-order valence-corrected chi connectivity index (χ3v) is 2.43. The molecule has 0 saturated heterocycles. The number of aliphatic hydroxyl groups excluding tert-OH is 2. The molecule has 140 valence electrons. The van der Waals surface area contributed by atoms with Crippen LogP contribution in [0.1, 0.15) is 66.7 Å². The topological polar surface area (TPSA) is 93.1 Å². The van der Waals surface area contributed by atoms with Gasteiger partial charge in [-0.1, -0.05) is 6.42 Å². The summed E-state index contributed by atoms with van der Waals surface area (Å²) in [5.41, 5.74) is 0. The zero-order valence-electron chi connectivity index (χ0n) is 15.5. The van der Waals surface area contributed by atoms with E-state index in [1.807, 2.05) is 13.8 Å². The normalized spacial score (nSPS) is 14.0. The lowest BCUT2D eigenvalue weighted by molar-refractivity contribution is -0.140. The molecule has 1 aliphatic rings. The Morgan fingerprint density at radius 3 is 1.61 bits per heavy atom. The van der Waals surface area contributed by atoms with Crippen LogP contribution in [0.25, 0.3) is 0 Å². The van der Waals surface area contributed by atoms with Gasteiger partial charge < -0.3 is 19.7 Å². The van der Waals surface area contributed by atoms with E-state index in [4.69, 9.17) is 14.9 Å². The first-order valence-corrected chi connectivity index (χ1v) is 8.37. The van der Waals surface area contributed by atoms with Gasteiger partial charge in [0.15, 0.2) is 0 Å². The average Bonchev–Trinajstić information content (AvgIpc) is 2.50. The molecule has 0 aromatic carbocycles. The molecular formula is C17H36O6. The number of hydrogen-bond donors (Lipinski definition) is 2. The largest absolute Gasteiger partial charge is 0.466 e. The van der Waals surface area contributed by atoms with Crippen LogP contribution in [0.4, 0.5) is 0 Å². The Morgan fingerprint density at radius 2 is 1.52 bits per heavy atom. The second-order valence-corrected chi connectivity index (χ2v) is 4.84. The standard InChI is InChI=1S/C6H10O.C4H8O2.C4H10O.C3H8O2/c7-6-4-2-1-3-5-6;1-3-6-4(2)5;1-3-5-4-2;1-3(5)2-4/h1-5H2;3H2,1-2H3;3-4H2,1-2H3;3-5H,2H2,1H3. The van der Waals surface area contributed by atoms with Crippen molar-refractivity contribution in [2.75, 3.05) is 26.4 Å². The van der Waals surface area contributed by atoms with Crippen molar-refractivity contribution in [3.63, 3.8) is 0 Å². The molecule has 23 heavy (non-hydrogen) atoms. The van der Waals surface area contributed by atoms with Crippen LogP contribution in [0.2, 0.25) is 0 Å². The van der Waals surface area contributed by atoms with Gasteiger partial charge in [-0.15, -0.1) is 0 Å². The van der Waals surface area contributed by atoms with E-state index >= 15 is 0 Å². The fraction of sp³-hybridized carbons (Fsp3) is 0.882. The molecule has 0 amide bonds. The first kappa shape index (κ1) is 26.9.